The van der Waals surface area contributed by atoms with E-state index in [1.807, 2.05) is 12.1 Å². The quantitative estimate of drug-likeness (QED) is 0.774. The van der Waals surface area contributed by atoms with E-state index in [0.717, 1.165) is 12.0 Å². The Morgan fingerprint density at radius 3 is 2.17 bits per heavy atom. The van der Waals surface area contributed by atoms with Gasteiger partial charge in [-0.3, -0.25) is 0 Å². The van der Waals surface area contributed by atoms with Crippen molar-refractivity contribution in [2.45, 2.75) is 6.42 Å². The molecule has 18 heavy (non-hydrogen) atoms. The molecular weight excluding hydrogens is 254 g/mol. The molecule has 0 aromatic heterocycles. The van der Waals surface area contributed by atoms with Crippen LogP contribution in [0.15, 0.2) is 24.8 Å². The van der Waals surface area contributed by atoms with Crippen molar-refractivity contribution in [3.8, 4) is 17.2 Å². The van der Waals surface area contributed by atoms with E-state index < -0.39 is 0 Å². The van der Waals surface area contributed by atoms with E-state index in [4.69, 9.17) is 19.9 Å². The molecule has 1 aromatic carbocycles. The standard InChI is InChI=1S/C13H19NO3.ClH/c1-4-7-17-13-11(15-2)8-10(5-6-14)9-12(13)16-3;/h4,8-9H,1,5-7,14H2,2-3H3;1H. The van der Waals surface area contributed by atoms with Crippen molar-refractivity contribution in [3.63, 3.8) is 0 Å². The van der Waals surface area contributed by atoms with E-state index in [9.17, 15) is 0 Å². The Morgan fingerprint density at radius 1 is 1.22 bits per heavy atom. The van der Waals surface area contributed by atoms with Crippen LogP contribution in [-0.2, 0) is 6.42 Å². The first-order valence-corrected chi connectivity index (χ1v) is 5.45. The van der Waals surface area contributed by atoms with Gasteiger partial charge in [-0.05, 0) is 30.7 Å². The number of hydrogen-bond acceptors (Lipinski definition) is 4. The van der Waals surface area contributed by atoms with Crippen molar-refractivity contribution in [1.29, 1.82) is 0 Å². The van der Waals surface area contributed by atoms with Gasteiger partial charge < -0.3 is 19.9 Å². The molecule has 0 bridgehead atoms. The van der Waals surface area contributed by atoms with Crippen LogP contribution in [0.4, 0.5) is 0 Å². The summed E-state index contributed by atoms with van der Waals surface area (Å²) in [5.41, 5.74) is 6.60. The van der Waals surface area contributed by atoms with Crippen LogP contribution >= 0.6 is 12.4 Å². The van der Waals surface area contributed by atoms with Crippen LogP contribution in [0.3, 0.4) is 0 Å². The summed E-state index contributed by atoms with van der Waals surface area (Å²) in [6, 6.07) is 3.82. The van der Waals surface area contributed by atoms with E-state index in [0.29, 0.717) is 30.4 Å². The molecule has 0 aliphatic heterocycles. The first kappa shape index (κ1) is 16.6. The zero-order valence-corrected chi connectivity index (χ0v) is 11.6. The number of ether oxygens (including phenoxy) is 3. The Bertz CT molecular complexity index is 357. The lowest BCUT2D eigenvalue weighted by Gasteiger charge is -2.15. The Morgan fingerprint density at radius 2 is 1.78 bits per heavy atom. The molecule has 0 heterocycles. The first-order chi connectivity index (χ1) is 8.26. The summed E-state index contributed by atoms with van der Waals surface area (Å²) in [5, 5.41) is 0. The maximum absolute atomic E-state index is 5.54. The molecule has 5 heteroatoms. The molecule has 4 nitrogen and oxygen atoms in total. The fraction of sp³-hybridized carbons (Fsp3) is 0.385. The van der Waals surface area contributed by atoms with Crippen molar-refractivity contribution >= 4 is 12.4 Å². The predicted molar refractivity (Wildman–Crippen MR) is 75.2 cm³/mol. The van der Waals surface area contributed by atoms with Crippen LogP contribution < -0.4 is 19.9 Å². The number of nitrogens with two attached hydrogens (primary N) is 1. The van der Waals surface area contributed by atoms with Gasteiger partial charge in [0, 0.05) is 0 Å². The van der Waals surface area contributed by atoms with Gasteiger partial charge in [-0.25, -0.2) is 0 Å². The molecule has 0 atom stereocenters. The molecule has 0 radical (unpaired) electrons. The van der Waals surface area contributed by atoms with Gasteiger partial charge in [-0.15, -0.1) is 12.4 Å². The lowest BCUT2D eigenvalue weighted by molar-refractivity contribution is 0.300. The molecule has 0 aliphatic rings. The number of hydrogen-bond donors (Lipinski definition) is 1. The fourth-order valence-corrected chi connectivity index (χ4v) is 1.53. The third-order valence-corrected chi connectivity index (χ3v) is 2.30. The first-order valence-electron chi connectivity index (χ1n) is 5.45. The molecule has 0 fully saturated rings. The highest BCUT2D eigenvalue weighted by atomic mass is 35.5. The van der Waals surface area contributed by atoms with Crippen LogP contribution in [0.1, 0.15) is 5.56 Å². The molecule has 0 unspecified atom stereocenters. The van der Waals surface area contributed by atoms with Gasteiger partial charge in [-0.2, -0.15) is 0 Å². The monoisotopic (exact) mass is 273 g/mol. The van der Waals surface area contributed by atoms with Gasteiger partial charge in [0.15, 0.2) is 11.5 Å². The molecular formula is C13H20ClNO3. The van der Waals surface area contributed by atoms with Gasteiger partial charge in [0.1, 0.15) is 6.61 Å². The third kappa shape index (κ3) is 4.13. The zero-order chi connectivity index (χ0) is 12.7. The zero-order valence-electron chi connectivity index (χ0n) is 10.8. The Kier molecular flexibility index (Phi) is 8.00. The number of methoxy groups -OCH3 is 2. The summed E-state index contributed by atoms with van der Waals surface area (Å²) in [7, 11) is 3.20. The predicted octanol–water partition coefficient (Wildman–Crippen LogP) is 2.19. The maximum Gasteiger partial charge on any atom is 0.203 e. The Hall–Kier alpha value is -1.39. The molecule has 102 valence electrons. The summed E-state index contributed by atoms with van der Waals surface area (Å²) >= 11 is 0. The summed E-state index contributed by atoms with van der Waals surface area (Å²) in [5.74, 6) is 1.89. The molecule has 0 spiro atoms. The average molecular weight is 274 g/mol. The summed E-state index contributed by atoms with van der Waals surface area (Å²) in [4.78, 5) is 0. The minimum Gasteiger partial charge on any atom is -0.493 e. The SMILES string of the molecule is C=CCOc1c(OC)cc(CCN)cc1OC.Cl. The van der Waals surface area contributed by atoms with Crippen LogP contribution in [0.25, 0.3) is 0 Å². The molecule has 0 aliphatic carbocycles. The number of rotatable bonds is 7. The van der Waals surface area contributed by atoms with Crippen LogP contribution in [0.5, 0.6) is 17.2 Å². The highest BCUT2D eigenvalue weighted by molar-refractivity contribution is 5.85. The highest BCUT2D eigenvalue weighted by Crippen LogP contribution is 2.38. The van der Waals surface area contributed by atoms with Crippen LogP contribution in [0, 0.1) is 0 Å². The number of benzene rings is 1. The maximum atomic E-state index is 5.54. The second-order valence-corrected chi connectivity index (χ2v) is 3.47. The third-order valence-electron chi connectivity index (χ3n) is 2.30. The van der Waals surface area contributed by atoms with E-state index in [1.54, 1.807) is 20.3 Å². The Labute approximate surface area is 114 Å². The number of halogens is 1. The summed E-state index contributed by atoms with van der Waals surface area (Å²) < 4.78 is 16.1. The van der Waals surface area contributed by atoms with E-state index >= 15 is 0 Å². The van der Waals surface area contributed by atoms with Crippen molar-refractivity contribution in [2.24, 2.45) is 5.73 Å². The van der Waals surface area contributed by atoms with Gasteiger partial charge in [0.05, 0.1) is 14.2 Å². The van der Waals surface area contributed by atoms with Gasteiger partial charge in [0.2, 0.25) is 5.75 Å². The largest absolute Gasteiger partial charge is 0.493 e. The van der Waals surface area contributed by atoms with Crippen LogP contribution in [-0.4, -0.2) is 27.4 Å². The summed E-state index contributed by atoms with van der Waals surface area (Å²) in [6.45, 7) is 4.60. The summed E-state index contributed by atoms with van der Waals surface area (Å²) in [6.07, 6.45) is 2.45. The molecule has 0 saturated carbocycles. The lowest BCUT2D eigenvalue weighted by Crippen LogP contribution is -2.05. The van der Waals surface area contributed by atoms with Crippen molar-refractivity contribution in [2.75, 3.05) is 27.4 Å². The van der Waals surface area contributed by atoms with Crippen molar-refractivity contribution in [1.82, 2.24) is 0 Å². The van der Waals surface area contributed by atoms with Crippen molar-refractivity contribution in [3.05, 3.63) is 30.4 Å². The van der Waals surface area contributed by atoms with Crippen LogP contribution in [0.2, 0.25) is 0 Å². The average Bonchev–Trinajstić information content (AvgIpc) is 2.36. The second kappa shape index (κ2) is 8.66. The van der Waals surface area contributed by atoms with E-state index in [-0.39, 0.29) is 12.4 Å². The minimum absolute atomic E-state index is 0. The van der Waals surface area contributed by atoms with Gasteiger partial charge in [-0.1, -0.05) is 12.7 Å². The van der Waals surface area contributed by atoms with Gasteiger partial charge >= 0.3 is 0 Å². The normalized spacial score (nSPS) is 9.28. The van der Waals surface area contributed by atoms with Gasteiger partial charge in [0.25, 0.3) is 0 Å². The van der Waals surface area contributed by atoms with Crippen molar-refractivity contribution < 1.29 is 14.2 Å². The topological polar surface area (TPSA) is 53.7 Å². The molecule has 1 rings (SSSR count). The highest BCUT2D eigenvalue weighted by Gasteiger charge is 2.13. The fourth-order valence-electron chi connectivity index (χ4n) is 1.53. The molecule has 2 N–H and O–H groups in total. The van der Waals surface area contributed by atoms with E-state index in [1.165, 1.54) is 0 Å². The molecule has 0 amide bonds. The molecule has 1 aromatic rings. The lowest BCUT2D eigenvalue weighted by atomic mass is 10.1. The molecule has 0 saturated heterocycles. The second-order valence-electron chi connectivity index (χ2n) is 3.47. The Balaban J connectivity index is 0.00000289. The minimum atomic E-state index is 0. The smallest absolute Gasteiger partial charge is 0.203 e. The van der Waals surface area contributed by atoms with E-state index in [2.05, 4.69) is 6.58 Å².